The molecule has 0 amide bonds. The van der Waals surface area contributed by atoms with E-state index in [1.54, 1.807) is 6.08 Å². The second-order valence-electron chi connectivity index (χ2n) is 3.62. The van der Waals surface area contributed by atoms with Gasteiger partial charge in [0.05, 0.1) is 0 Å². The maximum atomic E-state index is 10.8. The number of fused-ring (bicyclic) bond motifs is 1. The first kappa shape index (κ1) is 9.00. The summed E-state index contributed by atoms with van der Waals surface area (Å²) in [5.74, 6) is -0.793. The van der Waals surface area contributed by atoms with Crippen LogP contribution in [0.4, 0.5) is 0 Å². The van der Waals surface area contributed by atoms with Crippen LogP contribution >= 0.6 is 0 Å². The van der Waals surface area contributed by atoms with E-state index in [2.05, 4.69) is 6.07 Å². The number of carboxylic acids is 1. The predicted molar refractivity (Wildman–Crippen MR) is 55.1 cm³/mol. The molecular formula is C12H12O2. The highest BCUT2D eigenvalue weighted by molar-refractivity contribution is 5.93. The summed E-state index contributed by atoms with van der Waals surface area (Å²) in [5.41, 5.74) is 4.03. The van der Waals surface area contributed by atoms with Crippen LogP contribution in [0.2, 0.25) is 0 Å². The lowest BCUT2D eigenvalue weighted by Crippen LogP contribution is -2.07. The van der Waals surface area contributed by atoms with Crippen molar-refractivity contribution in [2.24, 2.45) is 0 Å². The normalized spacial score (nSPS) is 14.5. The molecular weight excluding hydrogens is 176 g/mol. The average molecular weight is 188 g/mol. The van der Waals surface area contributed by atoms with E-state index in [0.29, 0.717) is 12.0 Å². The molecule has 2 heteroatoms. The Morgan fingerprint density at radius 1 is 1.36 bits per heavy atom. The van der Waals surface area contributed by atoms with Gasteiger partial charge >= 0.3 is 5.97 Å². The third kappa shape index (κ3) is 1.43. The van der Waals surface area contributed by atoms with E-state index in [4.69, 9.17) is 5.11 Å². The molecule has 1 N–H and O–H groups in total. The molecule has 14 heavy (non-hydrogen) atoms. The predicted octanol–water partition coefficient (Wildman–Crippen LogP) is 2.41. The van der Waals surface area contributed by atoms with Crippen molar-refractivity contribution < 1.29 is 9.90 Å². The zero-order valence-electron chi connectivity index (χ0n) is 8.08. The van der Waals surface area contributed by atoms with Gasteiger partial charge in [0.25, 0.3) is 0 Å². The molecule has 1 aromatic rings. The molecule has 0 aromatic heterocycles. The summed E-state index contributed by atoms with van der Waals surface area (Å²) in [6, 6.07) is 6.10. The highest BCUT2D eigenvalue weighted by Crippen LogP contribution is 2.26. The molecule has 0 saturated heterocycles. The minimum atomic E-state index is -0.793. The molecule has 0 radical (unpaired) electrons. The van der Waals surface area contributed by atoms with E-state index in [0.717, 1.165) is 17.5 Å². The molecule has 0 fully saturated rings. The number of carboxylic acid groups (broad SMARTS) is 1. The van der Waals surface area contributed by atoms with Crippen LogP contribution in [0, 0.1) is 6.92 Å². The van der Waals surface area contributed by atoms with Crippen LogP contribution in [-0.4, -0.2) is 11.1 Å². The smallest absolute Gasteiger partial charge is 0.331 e. The maximum Gasteiger partial charge on any atom is 0.331 e. The quantitative estimate of drug-likeness (QED) is 0.734. The third-order valence-electron chi connectivity index (χ3n) is 2.67. The Labute approximate surface area is 82.9 Å². The van der Waals surface area contributed by atoms with Crippen molar-refractivity contribution in [3.8, 4) is 0 Å². The molecule has 0 saturated carbocycles. The summed E-state index contributed by atoms with van der Waals surface area (Å²) in [5, 5.41) is 8.89. The van der Waals surface area contributed by atoms with Crippen LogP contribution < -0.4 is 0 Å². The molecule has 2 rings (SSSR count). The monoisotopic (exact) mass is 188 g/mol. The van der Waals surface area contributed by atoms with Crippen LogP contribution in [0.25, 0.3) is 6.08 Å². The van der Waals surface area contributed by atoms with Crippen LogP contribution in [0.3, 0.4) is 0 Å². The fourth-order valence-corrected chi connectivity index (χ4v) is 1.85. The third-order valence-corrected chi connectivity index (χ3v) is 2.67. The number of benzene rings is 1. The summed E-state index contributed by atoms with van der Waals surface area (Å²) in [7, 11) is 0. The number of aliphatic carboxylic acids is 1. The van der Waals surface area contributed by atoms with Gasteiger partial charge < -0.3 is 5.11 Å². The first-order valence-corrected chi connectivity index (χ1v) is 4.71. The average Bonchev–Trinajstić information content (AvgIpc) is 2.18. The molecule has 0 atom stereocenters. The number of hydrogen-bond donors (Lipinski definition) is 1. The topological polar surface area (TPSA) is 37.3 Å². The van der Waals surface area contributed by atoms with Gasteiger partial charge in [-0.05, 0) is 42.5 Å². The highest BCUT2D eigenvalue weighted by atomic mass is 16.4. The maximum absolute atomic E-state index is 10.8. The van der Waals surface area contributed by atoms with Crippen molar-refractivity contribution >= 4 is 12.0 Å². The molecule has 2 nitrogen and oxygen atoms in total. The lowest BCUT2D eigenvalue weighted by Gasteiger charge is -2.15. The van der Waals surface area contributed by atoms with Crippen LogP contribution in [-0.2, 0) is 11.2 Å². The summed E-state index contributed by atoms with van der Waals surface area (Å²) in [4.78, 5) is 10.8. The molecule has 0 unspecified atom stereocenters. The lowest BCUT2D eigenvalue weighted by atomic mass is 9.90. The van der Waals surface area contributed by atoms with Gasteiger partial charge in [-0.2, -0.15) is 0 Å². The number of rotatable bonds is 1. The van der Waals surface area contributed by atoms with Crippen molar-refractivity contribution in [3.63, 3.8) is 0 Å². The van der Waals surface area contributed by atoms with E-state index in [-0.39, 0.29) is 0 Å². The lowest BCUT2D eigenvalue weighted by molar-refractivity contribution is -0.132. The van der Waals surface area contributed by atoms with Gasteiger partial charge in [-0.15, -0.1) is 0 Å². The Hall–Kier alpha value is -1.57. The van der Waals surface area contributed by atoms with E-state index in [1.165, 1.54) is 5.56 Å². The second kappa shape index (κ2) is 3.29. The standard InChI is InChI=1S/C12H12O2/c1-8-3-2-4-9-5-6-10(12(13)14)7-11(8)9/h2-4,7H,5-6H2,1H3,(H,13,14). The molecule has 1 aliphatic rings. The summed E-state index contributed by atoms with van der Waals surface area (Å²) in [6.45, 7) is 2.01. The Morgan fingerprint density at radius 2 is 2.14 bits per heavy atom. The van der Waals surface area contributed by atoms with E-state index < -0.39 is 5.97 Å². The molecule has 1 aromatic carbocycles. The molecule has 0 bridgehead atoms. The first-order chi connectivity index (χ1) is 6.68. The number of hydrogen-bond acceptors (Lipinski definition) is 1. The number of carbonyl (C=O) groups is 1. The summed E-state index contributed by atoms with van der Waals surface area (Å²) >= 11 is 0. The number of aryl methyl sites for hydroxylation is 2. The zero-order chi connectivity index (χ0) is 10.1. The molecule has 72 valence electrons. The van der Waals surface area contributed by atoms with Gasteiger partial charge in [0.1, 0.15) is 0 Å². The fraction of sp³-hybridized carbons (Fsp3) is 0.250. The molecule has 0 aliphatic heterocycles. The van der Waals surface area contributed by atoms with Gasteiger partial charge in [-0.1, -0.05) is 18.2 Å². The van der Waals surface area contributed by atoms with Crippen molar-refractivity contribution in [3.05, 3.63) is 40.5 Å². The van der Waals surface area contributed by atoms with Crippen LogP contribution in [0.5, 0.6) is 0 Å². The van der Waals surface area contributed by atoms with E-state index in [1.807, 2.05) is 19.1 Å². The summed E-state index contributed by atoms with van der Waals surface area (Å²) in [6.07, 6.45) is 3.29. The van der Waals surface area contributed by atoms with Gasteiger partial charge in [0.15, 0.2) is 0 Å². The van der Waals surface area contributed by atoms with Gasteiger partial charge in [-0.3, -0.25) is 0 Å². The minimum absolute atomic E-state index is 0.520. The van der Waals surface area contributed by atoms with Crippen molar-refractivity contribution in [1.29, 1.82) is 0 Å². The highest BCUT2D eigenvalue weighted by Gasteiger charge is 2.15. The Balaban J connectivity index is 2.52. The zero-order valence-corrected chi connectivity index (χ0v) is 8.08. The van der Waals surface area contributed by atoms with Crippen molar-refractivity contribution in [1.82, 2.24) is 0 Å². The van der Waals surface area contributed by atoms with Crippen molar-refractivity contribution in [2.75, 3.05) is 0 Å². The summed E-state index contributed by atoms with van der Waals surface area (Å²) < 4.78 is 0. The van der Waals surface area contributed by atoms with Crippen LogP contribution in [0.15, 0.2) is 23.8 Å². The van der Waals surface area contributed by atoms with Gasteiger partial charge in [0.2, 0.25) is 0 Å². The SMILES string of the molecule is Cc1cccc2c1C=C(C(=O)O)CC2. The van der Waals surface area contributed by atoms with Gasteiger partial charge in [0, 0.05) is 5.57 Å². The van der Waals surface area contributed by atoms with Crippen LogP contribution in [0.1, 0.15) is 23.1 Å². The Bertz CT molecular complexity index is 416. The molecule has 1 aliphatic carbocycles. The van der Waals surface area contributed by atoms with Gasteiger partial charge in [-0.25, -0.2) is 4.79 Å². The van der Waals surface area contributed by atoms with E-state index in [9.17, 15) is 4.79 Å². The minimum Gasteiger partial charge on any atom is -0.478 e. The molecule has 0 heterocycles. The fourth-order valence-electron chi connectivity index (χ4n) is 1.85. The van der Waals surface area contributed by atoms with E-state index >= 15 is 0 Å². The Morgan fingerprint density at radius 3 is 2.86 bits per heavy atom. The molecule has 0 spiro atoms. The largest absolute Gasteiger partial charge is 0.478 e. The Kier molecular flexibility index (Phi) is 2.12. The van der Waals surface area contributed by atoms with Crippen molar-refractivity contribution in [2.45, 2.75) is 19.8 Å². The first-order valence-electron chi connectivity index (χ1n) is 4.71. The second-order valence-corrected chi connectivity index (χ2v) is 3.62.